The number of alkyl halides is 3. The van der Waals surface area contributed by atoms with Crippen LogP contribution in [-0.2, 0) is 5.75 Å². The van der Waals surface area contributed by atoms with Crippen LogP contribution in [0.1, 0.15) is 5.76 Å². The lowest BCUT2D eigenvalue weighted by atomic mass is 10.3. The normalized spacial score (nSPS) is 11.1. The first-order chi connectivity index (χ1) is 11.4. The van der Waals surface area contributed by atoms with Gasteiger partial charge in [-0.05, 0) is 36.4 Å². The van der Waals surface area contributed by atoms with Gasteiger partial charge in [-0.2, -0.15) is 11.8 Å². The predicted molar refractivity (Wildman–Crippen MR) is 85.0 cm³/mol. The van der Waals surface area contributed by atoms with Crippen LogP contribution in [-0.4, -0.2) is 24.7 Å². The molecule has 1 heterocycles. The van der Waals surface area contributed by atoms with Crippen LogP contribution in [0.5, 0.6) is 5.75 Å². The van der Waals surface area contributed by atoms with Crippen LogP contribution >= 0.6 is 11.8 Å². The Hall–Kier alpha value is -2.29. The molecular formula is C15H15F3N2O3S. The molecule has 0 unspecified atom stereocenters. The monoisotopic (exact) mass is 360 g/mol. The summed E-state index contributed by atoms with van der Waals surface area (Å²) in [5, 5.41) is 5.17. The van der Waals surface area contributed by atoms with Gasteiger partial charge in [-0.3, -0.25) is 0 Å². The van der Waals surface area contributed by atoms with Crippen molar-refractivity contribution in [1.29, 1.82) is 0 Å². The summed E-state index contributed by atoms with van der Waals surface area (Å²) in [5.41, 5.74) is 0.366. The molecule has 0 aliphatic rings. The van der Waals surface area contributed by atoms with Crippen molar-refractivity contribution >= 4 is 23.5 Å². The summed E-state index contributed by atoms with van der Waals surface area (Å²) >= 11 is 1.61. The molecule has 0 aliphatic heterocycles. The van der Waals surface area contributed by atoms with Crippen molar-refractivity contribution in [2.45, 2.75) is 12.1 Å². The minimum absolute atomic E-state index is 0.345. The topological polar surface area (TPSA) is 63.5 Å². The van der Waals surface area contributed by atoms with Crippen molar-refractivity contribution in [1.82, 2.24) is 5.32 Å². The summed E-state index contributed by atoms with van der Waals surface area (Å²) < 4.78 is 45.0. The van der Waals surface area contributed by atoms with Gasteiger partial charge in [0.05, 0.1) is 12.0 Å². The number of nitrogens with one attached hydrogen (secondary N) is 2. The maximum Gasteiger partial charge on any atom is 0.573 e. The number of rotatable bonds is 7. The Morgan fingerprint density at radius 1 is 1.21 bits per heavy atom. The molecule has 1 aromatic heterocycles. The largest absolute Gasteiger partial charge is 0.573 e. The van der Waals surface area contributed by atoms with Crippen LogP contribution in [0.4, 0.5) is 23.7 Å². The van der Waals surface area contributed by atoms with Crippen molar-refractivity contribution in [2.75, 3.05) is 17.6 Å². The van der Waals surface area contributed by atoms with Crippen molar-refractivity contribution < 1.29 is 27.1 Å². The van der Waals surface area contributed by atoms with Gasteiger partial charge in [-0.15, -0.1) is 13.2 Å². The lowest BCUT2D eigenvalue weighted by molar-refractivity contribution is -0.274. The summed E-state index contributed by atoms with van der Waals surface area (Å²) in [6, 6.07) is 8.16. The van der Waals surface area contributed by atoms with Crippen molar-refractivity contribution in [3.8, 4) is 5.75 Å². The summed E-state index contributed by atoms with van der Waals surface area (Å²) in [4.78, 5) is 11.7. The third kappa shape index (κ3) is 6.86. The number of thioether (sulfide) groups is 1. The highest BCUT2D eigenvalue weighted by molar-refractivity contribution is 7.98. The first-order valence-electron chi connectivity index (χ1n) is 6.93. The molecule has 0 atom stereocenters. The highest BCUT2D eigenvalue weighted by Crippen LogP contribution is 2.23. The molecule has 0 spiro atoms. The van der Waals surface area contributed by atoms with E-state index in [9.17, 15) is 18.0 Å². The molecule has 2 amide bonds. The van der Waals surface area contributed by atoms with Crippen molar-refractivity contribution in [2.24, 2.45) is 0 Å². The summed E-state index contributed by atoms with van der Waals surface area (Å²) in [6.45, 7) is 0.451. The van der Waals surface area contributed by atoms with E-state index < -0.39 is 12.4 Å². The second kappa shape index (κ2) is 8.53. The molecule has 5 nitrogen and oxygen atoms in total. The number of amides is 2. The highest BCUT2D eigenvalue weighted by atomic mass is 32.2. The van der Waals surface area contributed by atoms with E-state index in [2.05, 4.69) is 15.4 Å². The minimum atomic E-state index is -4.74. The highest BCUT2D eigenvalue weighted by Gasteiger charge is 2.30. The zero-order chi connectivity index (χ0) is 17.4. The van der Waals surface area contributed by atoms with E-state index in [1.54, 1.807) is 18.0 Å². The number of carbonyl (C=O) groups excluding carboxylic acids is 1. The van der Waals surface area contributed by atoms with Gasteiger partial charge in [0.15, 0.2) is 0 Å². The maximum absolute atomic E-state index is 12.0. The molecule has 24 heavy (non-hydrogen) atoms. The predicted octanol–water partition coefficient (Wildman–Crippen LogP) is 4.23. The number of urea groups is 1. The van der Waals surface area contributed by atoms with Crippen molar-refractivity contribution in [3.05, 3.63) is 48.4 Å². The van der Waals surface area contributed by atoms with Gasteiger partial charge in [0.25, 0.3) is 0 Å². The van der Waals surface area contributed by atoms with Gasteiger partial charge in [-0.1, -0.05) is 0 Å². The Morgan fingerprint density at radius 2 is 1.96 bits per heavy atom. The summed E-state index contributed by atoms with van der Waals surface area (Å²) in [6.07, 6.45) is -3.13. The van der Waals surface area contributed by atoms with E-state index in [1.165, 1.54) is 12.1 Å². The standard InChI is InChI=1S/C15H15F3N2O3S/c16-15(17,18)23-12-5-3-11(4-6-12)20-14(21)19-7-9-24-10-13-2-1-8-22-13/h1-6,8H,7,9-10H2,(H2,19,20,21). The van der Waals surface area contributed by atoms with Crippen LogP contribution in [0.15, 0.2) is 47.1 Å². The molecule has 2 rings (SSSR count). The van der Waals surface area contributed by atoms with Gasteiger partial charge in [-0.25, -0.2) is 4.79 Å². The van der Waals surface area contributed by atoms with Gasteiger partial charge >= 0.3 is 12.4 Å². The first-order valence-corrected chi connectivity index (χ1v) is 8.09. The van der Waals surface area contributed by atoms with E-state index in [1.807, 2.05) is 12.1 Å². The number of benzene rings is 1. The van der Waals surface area contributed by atoms with E-state index >= 15 is 0 Å². The molecule has 0 radical (unpaired) electrons. The Bertz CT molecular complexity index is 630. The fourth-order valence-electron chi connectivity index (χ4n) is 1.72. The SMILES string of the molecule is O=C(NCCSCc1ccco1)Nc1ccc(OC(F)(F)F)cc1. The number of furan rings is 1. The molecule has 130 valence electrons. The Labute approximate surface area is 140 Å². The van der Waals surface area contributed by atoms with Gasteiger partial charge < -0.3 is 19.8 Å². The van der Waals surface area contributed by atoms with Gasteiger partial charge in [0.1, 0.15) is 11.5 Å². The second-order valence-electron chi connectivity index (χ2n) is 4.59. The van der Waals surface area contributed by atoms with Crippen molar-refractivity contribution in [3.63, 3.8) is 0 Å². The molecule has 0 fully saturated rings. The minimum Gasteiger partial charge on any atom is -0.468 e. The summed E-state index contributed by atoms with van der Waals surface area (Å²) in [7, 11) is 0. The maximum atomic E-state index is 12.0. The molecule has 1 aromatic carbocycles. The van der Waals surface area contributed by atoms with Crippen LogP contribution in [0.25, 0.3) is 0 Å². The average molecular weight is 360 g/mol. The smallest absolute Gasteiger partial charge is 0.468 e. The molecular weight excluding hydrogens is 345 g/mol. The zero-order valence-corrected chi connectivity index (χ0v) is 13.2. The van der Waals surface area contributed by atoms with Crippen LogP contribution in [0.3, 0.4) is 0 Å². The molecule has 9 heteroatoms. The van der Waals surface area contributed by atoms with Crippen LogP contribution < -0.4 is 15.4 Å². The van der Waals surface area contributed by atoms with Gasteiger partial charge in [0, 0.05) is 18.0 Å². The van der Waals surface area contributed by atoms with E-state index in [-0.39, 0.29) is 5.75 Å². The zero-order valence-electron chi connectivity index (χ0n) is 12.4. The number of ether oxygens (including phenoxy) is 1. The molecule has 0 aliphatic carbocycles. The third-order valence-corrected chi connectivity index (χ3v) is 3.68. The molecule has 2 aromatic rings. The van der Waals surface area contributed by atoms with E-state index in [0.29, 0.717) is 18.0 Å². The van der Waals surface area contributed by atoms with E-state index in [0.717, 1.165) is 23.6 Å². The molecule has 0 bridgehead atoms. The lowest BCUT2D eigenvalue weighted by Crippen LogP contribution is -2.30. The Morgan fingerprint density at radius 3 is 2.58 bits per heavy atom. The Balaban J connectivity index is 1.64. The second-order valence-corrected chi connectivity index (χ2v) is 5.69. The first kappa shape index (κ1) is 18.1. The quantitative estimate of drug-likeness (QED) is 0.725. The lowest BCUT2D eigenvalue weighted by Gasteiger charge is -2.10. The molecule has 0 saturated carbocycles. The fourth-order valence-corrected chi connectivity index (χ4v) is 2.48. The Kier molecular flexibility index (Phi) is 6.42. The number of anilines is 1. The fraction of sp³-hybridized carbons (Fsp3) is 0.267. The molecule has 0 saturated heterocycles. The van der Waals surface area contributed by atoms with E-state index in [4.69, 9.17) is 4.42 Å². The van der Waals surface area contributed by atoms with Gasteiger partial charge in [0.2, 0.25) is 0 Å². The number of halogens is 3. The van der Waals surface area contributed by atoms with Crippen LogP contribution in [0, 0.1) is 0 Å². The molecule has 2 N–H and O–H groups in total. The van der Waals surface area contributed by atoms with Crippen LogP contribution in [0.2, 0.25) is 0 Å². The third-order valence-electron chi connectivity index (χ3n) is 2.70. The number of hydrogen-bond acceptors (Lipinski definition) is 4. The average Bonchev–Trinajstić information content (AvgIpc) is 3.01. The summed E-state index contributed by atoms with van der Waals surface area (Å²) in [5.74, 6) is 1.94. The number of hydrogen-bond donors (Lipinski definition) is 2. The number of carbonyl (C=O) groups is 1.